The third kappa shape index (κ3) is 5.58. The summed E-state index contributed by atoms with van der Waals surface area (Å²) < 4.78 is 14.1. The van der Waals surface area contributed by atoms with E-state index in [0.29, 0.717) is 32.7 Å². The summed E-state index contributed by atoms with van der Waals surface area (Å²) >= 11 is 3.51. The van der Waals surface area contributed by atoms with Crippen LogP contribution in [0.4, 0.5) is 10.1 Å². The van der Waals surface area contributed by atoms with Gasteiger partial charge >= 0.3 is 0 Å². The maximum absolute atomic E-state index is 13.1. The molecule has 1 N–H and O–H groups in total. The zero-order valence-corrected chi connectivity index (χ0v) is 17.5. The summed E-state index contributed by atoms with van der Waals surface area (Å²) in [5, 5.41) is 12.5. The van der Waals surface area contributed by atoms with Gasteiger partial charge in [0.2, 0.25) is 0 Å². The van der Waals surface area contributed by atoms with E-state index in [2.05, 4.69) is 26.1 Å². The van der Waals surface area contributed by atoms with Gasteiger partial charge in [-0.2, -0.15) is 5.26 Å². The Bertz CT molecular complexity index is 915. The first kappa shape index (κ1) is 20.9. The van der Waals surface area contributed by atoms with Gasteiger partial charge in [-0.3, -0.25) is 4.79 Å². The third-order valence-electron chi connectivity index (χ3n) is 4.85. The van der Waals surface area contributed by atoms with E-state index in [9.17, 15) is 14.4 Å². The third-order valence-corrected chi connectivity index (χ3v) is 5.63. The van der Waals surface area contributed by atoms with Gasteiger partial charge in [-0.1, -0.05) is 34.1 Å². The molecular formula is C22H22BrFN4O. The molecule has 29 heavy (non-hydrogen) atoms. The Morgan fingerprint density at radius 2 is 1.83 bits per heavy atom. The van der Waals surface area contributed by atoms with Crippen LogP contribution in [0.5, 0.6) is 0 Å². The number of nitrogens with one attached hydrogen (secondary N) is 1. The van der Waals surface area contributed by atoms with E-state index in [1.54, 1.807) is 17.0 Å². The summed E-state index contributed by atoms with van der Waals surface area (Å²) in [5.74, 6) is -0.530. The second kappa shape index (κ2) is 10.1. The lowest BCUT2D eigenvalue weighted by Gasteiger charge is -2.36. The van der Waals surface area contributed by atoms with E-state index in [4.69, 9.17) is 0 Å². The smallest absolute Gasteiger partial charge is 0.266 e. The minimum atomic E-state index is -0.265. The SMILES string of the molecule is N#C/C(=C/NCCc1ccccc1Br)C(=O)N1CCN(c2ccc(F)cc2)CC1. The monoisotopic (exact) mass is 456 g/mol. The average molecular weight is 457 g/mol. The van der Waals surface area contributed by atoms with Gasteiger partial charge in [-0.05, 0) is 42.3 Å². The van der Waals surface area contributed by atoms with Gasteiger partial charge in [0.15, 0.2) is 0 Å². The number of hydrogen-bond donors (Lipinski definition) is 1. The summed E-state index contributed by atoms with van der Waals surface area (Å²) in [6.07, 6.45) is 2.28. The van der Waals surface area contributed by atoms with Crippen LogP contribution in [0.25, 0.3) is 0 Å². The fraction of sp³-hybridized carbons (Fsp3) is 0.273. The highest BCUT2D eigenvalue weighted by molar-refractivity contribution is 9.10. The highest BCUT2D eigenvalue weighted by Crippen LogP contribution is 2.18. The molecule has 1 fully saturated rings. The predicted molar refractivity (Wildman–Crippen MR) is 115 cm³/mol. The van der Waals surface area contributed by atoms with Gasteiger partial charge in [-0.25, -0.2) is 4.39 Å². The highest BCUT2D eigenvalue weighted by atomic mass is 79.9. The normalized spacial score (nSPS) is 14.4. The molecular weight excluding hydrogens is 435 g/mol. The van der Waals surface area contributed by atoms with Crippen molar-refractivity contribution in [3.63, 3.8) is 0 Å². The van der Waals surface area contributed by atoms with Crippen LogP contribution in [0.1, 0.15) is 5.56 Å². The molecule has 0 bridgehead atoms. The summed E-state index contributed by atoms with van der Waals surface area (Å²) in [7, 11) is 0. The zero-order chi connectivity index (χ0) is 20.6. The first-order chi connectivity index (χ1) is 14.1. The molecule has 7 heteroatoms. The van der Waals surface area contributed by atoms with E-state index in [1.165, 1.54) is 18.3 Å². The molecule has 1 heterocycles. The minimum Gasteiger partial charge on any atom is -0.389 e. The lowest BCUT2D eigenvalue weighted by molar-refractivity contribution is -0.127. The Labute approximate surface area is 178 Å². The number of hydrogen-bond acceptors (Lipinski definition) is 4. The van der Waals surface area contributed by atoms with E-state index in [-0.39, 0.29) is 17.3 Å². The van der Waals surface area contributed by atoms with E-state index >= 15 is 0 Å². The van der Waals surface area contributed by atoms with Crippen molar-refractivity contribution in [2.24, 2.45) is 0 Å². The van der Waals surface area contributed by atoms with E-state index in [1.807, 2.05) is 30.3 Å². The molecule has 5 nitrogen and oxygen atoms in total. The second-order valence-corrected chi connectivity index (χ2v) is 7.58. The number of benzene rings is 2. The van der Waals surface area contributed by atoms with E-state index in [0.717, 1.165) is 22.1 Å². The number of carbonyl (C=O) groups excluding carboxylic acids is 1. The molecule has 0 unspecified atom stereocenters. The summed E-state index contributed by atoms with van der Waals surface area (Å²) in [6.45, 7) is 2.95. The van der Waals surface area contributed by atoms with Crippen LogP contribution in [-0.2, 0) is 11.2 Å². The van der Waals surface area contributed by atoms with Crippen molar-refractivity contribution in [2.45, 2.75) is 6.42 Å². The predicted octanol–water partition coefficient (Wildman–Crippen LogP) is 3.48. The molecule has 0 aliphatic carbocycles. The minimum absolute atomic E-state index is 0.104. The molecule has 2 aromatic rings. The van der Waals surface area contributed by atoms with Crippen molar-refractivity contribution in [3.8, 4) is 6.07 Å². The lowest BCUT2D eigenvalue weighted by Crippen LogP contribution is -2.49. The largest absolute Gasteiger partial charge is 0.389 e. The van der Waals surface area contributed by atoms with Gasteiger partial charge in [0, 0.05) is 49.1 Å². The Kier molecular flexibility index (Phi) is 7.25. The number of nitrogens with zero attached hydrogens (tertiary/aromatic N) is 3. The molecule has 0 saturated carbocycles. The van der Waals surface area contributed by atoms with Crippen molar-refractivity contribution in [1.29, 1.82) is 5.26 Å². The molecule has 1 saturated heterocycles. The van der Waals surface area contributed by atoms with Crippen molar-refractivity contribution in [3.05, 3.63) is 76.2 Å². The Morgan fingerprint density at radius 1 is 1.14 bits per heavy atom. The number of halogens is 2. The number of carbonyl (C=O) groups is 1. The van der Waals surface area contributed by atoms with Gasteiger partial charge in [-0.15, -0.1) is 0 Å². The lowest BCUT2D eigenvalue weighted by atomic mass is 10.1. The van der Waals surface area contributed by atoms with Crippen LogP contribution in [0.2, 0.25) is 0 Å². The second-order valence-electron chi connectivity index (χ2n) is 6.72. The van der Waals surface area contributed by atoms with Gasteiger partial charge in [0.05, 0.1) is 0 Å². The van der Waals surface area contributed by atoms with Gasteiger partial charge in [0.1, 0.15) is 17.5 Å². The van der Waals surface area contributed by atoms with Gasteiger partial charge in [0.25, 0.3) is 5.91 Å². The molecule has 2 aromatic carbocycles. The topological polar surface area (TPSA) is 59.4 Å². The maximum Gasteiger partial charge on any atom is 0.266 e. The van der Waals surface area contributed by atoms with Crippen molar-refractivity contribution in [2.75, 3.05) is 37.6 Å². The molecule has 0 radical (unpaired) electrons. The van der Waals surface area contributed by atoms with Crippen molar-refractivity contribution in [1.82, 2.24) is 10.2 Å². The molecule has 1 amide bonds. The maximum atomic E-state index is 13.1. The van der Waals surface area contributed by atoms with Crippen LogP contribution in [0.15, 0.2) is 64.8 Å². The first-order valence-electron chi connectivity index (χ1n) is 9.45. The van der Waals surface area contributed by atoms with Crippen LogP contribution < -0.4 is 10.2 Å². The highest BCUT2D eigenvalue weighted by Gasteiger charge is 2.23. The molecule has 0 atom stereocenters. The Morgan fingerprint density at radius 3 is 2.48 bits per heavy atom. The zero-order valence-electron chi connectivity index (χ0n) is 15.9. The van der Waals surface area contributed by atoms with Crippen LogP contribution in [0.3, 0.4) is 0 Å². The van der Waals surface area contributed by atoms with Crippen molar-refractivity contribution < 1.29 is 9.18 Å². The summed E-state index contributed by atoms with van der Waals surface area (Å²) in [4.78, 5) is 16.4. The molecule has 1 aliphatic rings. The Balaban J connectivity index is 1.50. The number of piperazine rings is 1. The van der Waals surface area contributed by atoms with Crippen molar-refractivity contribution >= 4 is 27.5 Å². The average Bonchev–Trinajstić information content (AvgIpc) is 2.75. The molecule has 3 rings (SSSR count). The van der Waals surface area contributed by atoms with Crippen LogP contribution in [-0.4, -0.2) is 43.5 Å². The van der Waals surface area contributed by atoms with Crippen LogP contribution >= 0.6 is 15.9 Å². The van der Waals surface area contributed by atoms with Gasteiger partial charge < -0.3 is 15.1 Å². The quantitative estimate of drug-likeness (QED) is 0.410. The summed E-state index contributed by atoms with van der Waals surface area (Å²) in [6, 6.07) is 16.3. The number of nitriles is 1. The fourth-order valence-corrected chi connectivity index (χ4v) is 3.70. The van der Waals surface area contributed by atoms with Crippen LogP contribution in [0, 0.1) is 17.1 Å². The number of anilines is 1. The summed E-state index contributed by atoms with van der Waals surface area (Å²) in [5.41, 5.74) is 2.20. The standard InChI is InChI=1S/C22H22BrFN4O/c23-21-4-2-1-3-17(21)9-10-26-16-18(15-25)22(29)28-13-11-27(12-14-28)20-7-5-19(24)6-8-20/h1-8,16,26H,9-14H2/b18-16-. The number of amides is 1. The molecule has 0 aromatic heterocycles. The molecule has 150 valence electrons. The first-order valence-corrected chi connectivity index (χ1v) is 10.2. The molecule has 0 spiro atoms. The van der Waals surface area contributed by atoms with E-state index < -0.39 is 0 Å². The molecule has 1 aliphatic heterocycles. The number of rotatable bonds is 6. The Hall–Kier alpha value is -2.85. The fourth-order valence-electron chi connectivity index (χ4n) is 3.21.